The SMILES string of the molecule is OB(O)c1cc(F)ncc1O. The van der Waals surface area contributed by atoms with E-state index in [4.69, 9.17) is 15.2 Å². The molecule has 0 aliphatic heterocycles. The Hall–Kier alpha value is -1.14. The molecule has 58 valence electrons. The molecule has 0 saturated heterocycles. The fourth-order valence-electron chi connectivity index (χ4n) is 0.644. The van der Waals surface area contributed by atoms with Crippen molar-refractivity contribution in [3.63, 3.8) is 0 Å². The van der Waals surface area contributed by atoms with Crippen LogP contribution in [0, 0.1) is 5.95 Å². The van der Waals surface area contributed by atoms with E-state index in [0.717, 1.165) is 12.3 Å². The van der Waals surface area contributed by atoms with E-state index in [1.54, 1.807) is 0 Å². The zero-order valence-corrected chi connectivity index (χ0v) is 5.40. The van der Waals surface area contributed by atoms with Gasteiger partial charge in [0.1, 0.15) is 5.75 Å². The molecular weight excluding hydrogens is 152 g/mol. The quantitative estimate of drug-likeness (QED) is 0.346. The number of pyridine rings is 1. The molecule has 1 aromatic heterocycles. The molecule has 4 nitrogen and oxygen atoms in total. The van der Waals surface area contributed by atoms with E-state index in [0.29, 0.717) is 0 Å². The van der Waals surface area contributed by atoms with Gasteiger partial charge >= 0.3 is 7.12 Å². The first kappa shape index (κ1) is 7.97. The Bertz CT molecular complexity index is 268. The molecule has 0 spiro atoms. The molecular formula is C5H5BFNO3. The van der Waals surface area contributed by atoms with Crippen LogP contribution in [-0.4, -0.2) is 27.3 Å². The predicted octanol–water partition coefficient (Wildman–Crippen LogP) is -1.39. The monoisotopic (exact) mass is 157 g/mol. The number of nitrogens with zero attached hydrogens (tertiary/aromatic N) is 1. The molecule has 0 aliphatic carbocycles. The van der Waals surface area contributed by atoms with Crippen molar-refractivity contribution in [1.82, 2.24) is 4.98 Å². The fourth-order valence-corrected chi connectivity index (χ4v) is 0.644. The van der Waals surface area contributed by atoms with Crippen molar-refractivity contribution in [3.8, 4) is 5.75 Å². The summed E-state index contributed by atoms with van der Waals surface area (Å²) in [6.45, 7) is 0. The van der Waals surface area contributed by atoms with Gasteiger partial charge in [0.15, 0.2) is 0 Å². The minimum Gasteiger partial charge on any atom is -0.507 e. The third-order valence-electron chi connectivity index (χ3n) is 1.16. The molecule has 0 amide bonds. The maximum absolute atomic E-state index is 12.3. The van der Waals surface area contributed by atoms with Crippen LogP contribution in [0.4, 0.5) is 4.39 Å². The van der Waals surface area contributed by atoms with Crippen LogP contribution in [0.3, 0.4) is 0 Å². The van der Waals surface area contributed by atoms with E-state index in [-0.39, 0.29) is 5.46 Å². The lowest BCUT2D eigenvalue weighted by Crippen LogP contribution is -2.30. The smallest absolute Gasteiger partial charge is 0.492 e. The Balaban J connectivity index is 3.13. The van der Waals surface area contributed by atoms with E-state index in [2.05, 4.69) is 4.98 Å². The molecule has 0 fully saturated rings. The normalized spacial score (nSPS) is 9.73. The van der Waals surface area contributed by atoms with Crippen LogP contribution in [0.25, 0.3) is 0 Å². The molecule has 6 heteroatoms. The van der Waals surface area contributed by atoms with Gasteiger partial charge in [-0.15, -0.1) is 0 Å². The van der Waals surface area contributed by atoms with Gasteiger partial charge in [-0.1, -0.05) is 0 Å². The van der Waals surface area contributed by atoms with Gasteiger partial charge in [0, 0.05) is 5.46 Å². The molecule has 11 heavy (non-hydrogen) atoms. The Morgan fingerprint density at radius 2 is 2.09 bits per heavy atom. The predicted molar refractivity (Wildman–Crippen MR) is 35.7 cm³/mol. The molecule has 0 unspecified atom stereocenters. The number of aromatic nitrogens is 1. The highest BCUT2D eigenvalue weighted by Gasteiger charge is 2.16. The summed E-state index contributed by atoms with van der Waals surface area (Å²) in [6, 6.07) is 0.750. The maximum Gasteiger partial charge on any atom is 0.492 e. The van der Waals surface area contributed by atoms with E-state index in [1.165, 1.54) is 0 Å². The summed E-state index contributed by atoms with van der Waals surface area (Å²) in [5, 5.41) is 25.9. The first-order valence-electron chi connectivity index (χ1n) is 2.82. The van der Waals surface area contributed by atoms with Gasteiger partial charge in [0.05, 0.1) is 6.20 Å². The van der Waals surface area contributed by atoms with E-state index >= 15 is 0 Å². The molecule has 3 N–H and O–H groups in total. The van der Waals surface area contributed by atoms with Gasteiger partial charge in [0.25, 0.3) is 0 Å². The van der Waals surface area contributed by atoms with Gasteiger partial charge < -0.3 is 15.2 Å². The summed E-state index contributed by atoms with van der Waals surface area (Å²) >= 11 is 0. The first-order chi connectivity index (χ1) is 5.11. The summed E-state index contributed by atoms with van der Waals surface area (Å²) in [7, 11) is -1.88. The molecule has 0 radical (unpaired) electrons. The Morgan fingerprint density at radius 3 is 2.55 bits per heavy atom. The second kappa shape index (κ2) is 2.85. The standard InChI is InChI=1S/C5H5BFNO3/c7-5-1-3(6(10)11)4(9)2-8-5/h1-2,9-11H. The zero-order valence-electron chi connectivity index (χ0n) is 5.40. The summed E-state index contributed by atoms with van der Waals surface area (Å²) in [5.41, 5.74) is -0.294. The van der Waals surface area contributed by atoms with Crippen LogP contribution in [0.5, 0.6) is 5.75 Å². The van der Waals surface area contributed by atoms with Gasteiger partial charge in [-0.2, -0.15) is 4.39 Å². The van der Waals surface area contributed by atoms with Crippen molar-refractivity contribution in [3.05, 3.63) is 18.2 Å². The highest BCUT2D eigenvalue weighted by atomic mass is 19.1. The van der Waals surface area contributed by atoms with Crippen LogP contribution < -0.4 is 5.46 Å². The zero-order chi connectivity index (χ0) is 8.43. The number of hydrogen-bond acceptors (Lipinski definition) is 4. The Kier molecular flexibility index (Phi) is 2.07. The van der Waals surface area contributed by atoms with Gasteiger partial charge in [0.2, 0.25) is 5.95 Å². The van der Waals surface area contributed by atoms with Crippen LogP contribution in [0.2, 0.25) is 0 Å². The summed E-state index contributed by atoms with van der Waals surface area (Å²) in [5.74, 6) is -1.31. The molecule has 0 atom stereocenters. The fraction of sp³-hybridized carbons (Fsp3) is 0. The molecule has 0 aromatic carbocycles. The van der Waals surface area contributed by atoms with Crippen LogP contribution in [-0.2, 0) is 0 Å². The average Bonchev–Trinajstić information content (AvgIpc) is 1.94. The first-order valence-corrected chi connectivity index (χ1v) is 2.82. The highest BCUT2D eigenvalue weighted by Crippen LogP contribution is 2.02. The minimum atomic E-state index is -1.88. The Labute approximate surface area is 62.1 Å². The molecule has 1 rings (SSSR count). The second-order valence-corrected chi connectivity index (χ2v) is 1.94. The number of halogens is 1. The van der Waals surface area contributed by atoms with Crippen molar-refractivity contribution >= 4 is 12.6 Å². The minimum absolute atomic E-state index is 0.294. The van der Waals surface area contributed by atoms with E-state index < -0.39 is 18.8 Å². The van der Waals surface area contributed by atoms with Crippen molar-refractivity contribution in [2.45, 2.75) is 0 Å². The molecule has 0 saturated carbocycles. The summed E-state index contributed by atoms with van der Waals surface area (Å²) in [6.07, 6.45) is 0.810. The number of hydrogen-bond donors (Lipinski definition) is 3. The molecule has 0 aliphatic rings. The lowest BCUT2D eigenvalue weighted by Gasteiger charge is -2.00. The van der Waals surface area contributed by atoms with Crippen LogP contribution >= 0.6 is 0 Å². The topological polar surface area (TPSA) is 73.6 Å². The molecule has 0 bridgehead atoms. The van der Waals surface area contributed by atoms with Gasteiger partial charge in [-0.25, -0.2) is 4.98 Å². The maximum atomic E-state index is 12.3. The molecule has 1 aromatic rings. The third-order valence-corrected chi connectivity index (χ3v) is 1.16. The summed E-state index contributed by atoms with van der Waals surface area (Å²) < 4.78 is 12.3. The average molecular weight is 157 g/mol. The lowest BCUT2D eigenvalue weighted by molar-refractivity contribution is 0.417. The number of aromatic hydroxyl groups is 1. The van der Waals surface area contributed by atoms with Crippen LogP contribution in [0.15, 0.2) is 12.3 Å². The van der Waals surface area contributed by atoms with E-state index in [1.807, 2.05) is 0 Å². The second-order valence-electron chi connectivity index (χ2n) is 1.94. The third kappa shape index (κ3) is 1.66. The summed E-state index contributed by atoms with van der Waals surface area (Å²) in [4.78, 5) is 3.08. The molecule has 1 heterocycles. The van der Waals surface area contributed by atoms with Crippen molar-refractivity contribution in [2.24, 2.45) is 0 Å². The van der Waals surface area contributed by atoms with Gasteiger partial charge in [-0.05, 0) is 6.07 Å². The highest BCUT2D eigenvalue weighted by molar-refractivity contribution is 6.59. The Morgan fingerprint density at radius 1 is 1.45 bits per heavy atom. The van der Waals surface area contributed by atoms with Crippen LogP contribution in [0.1, 0.15) is 0 Å². The largest absolute Gasteiger partial charge is 0.507 e. The van der Waals surface area contributed by atoms with Crippen molar-refractivity contribution in [2.75, 3.05) is 0 Å². The number of rotatable bonds is 1. The van der Waals surface area contributed by atoms with E-state index in [9.17, 15) is 4.39 Å². The van der Waals surface area contributed by atoms with Crippen molar-refractivity contribution in [1.29, 1.82) is 0 Å². The van der Waals surface area contributed by atoms with Crippen molar-refractivity contribution < 1.29 is 19.5 Å². The van der Waals surface area contributed by atoms with Gasteiger partial charge in [-0.3, -0.25) is 0 Å². The lowest BCUT2D eigenvalue weighted by atomic mass is 9.80.